The second-order valence-corrected chi connectivity index (χ2v) is 7.90. The van der Waals surface area contributed by atoms with Crippen LogP contribution in [0.1, 0.15) is 59.8 Å². The molecule has 0 spiro atoms. The van der Waals surface area contributed by atoms with E-state index in [9.17, 15) is 0 Å². The first-order valence-electron chi connectivity index (χ1n) is 8.19. The van der Waals surface area contributed by atoms with Gasteiger partial charge in [0.15, 0.2) is 0 Å². The van der Waals surface area contributed by atoms with E-state index in [0.29, 0.717) is 17.6 Å². The Morgan fingerprint density at radius 3 is 2.37 bits per heavy atom. The van der Waals surface area contributed by atoms with Gasteiger partial charge in [-0.3, -0.25) is 0 Å². The van der Waals surface area contributed by atoms with Crippen LogP contribution in [-0.2, 0) is 4.74 Å². The number of ether oxygens (including phenoxy) is 1. The highest BCUT2D eigenvalue weighted by molar-refractivity contribution is 4.94. The van der Waals surface area contributed by atoms with Crippen molar-refractivity contribution in [1.29, 1.82) is 0 Å². The molecule has 0 radical (unpaired) electrons. The maximum absolute atomic E-state index is 5.83. The quantitative estimate of drug-likeness (QED) is 0.820. The van der Waals surface area contributed by atoms with Crippen LogP contribution in [0.3, 0.4) is 0 Å². The summed E-state index contributed by atoms with van der Waals surface area (Å²) < 4.78 is 5.83. The summed E-state index contributed by atoms with van der Waals surface area (Å²) in [6.07, 6.45) is 7.25. The smallest absolute Gasteiger partial charge is 0.0602 e. The van der Waals surface area contributed by atoms with E-state index < -0.39 is 0 Å². The topological polar surface area (TPSA) is 21.3 Å². The van der Waals surface area contributed by atoms with Crippen LogP contribution in [0.25, 0.3) is 0 Å². The Balaban J connectivity index is 2.16. The van der Waals surface area contributed by atoms with E-state index in [2.05, 4.69) is 33.0 Å². The van der Waals surface area contributed by atoms with E-state index in [1.807, 2.05) is 7.11 Å². The maximum atomic E-state index is 5.83. The molecule has 0 amide bonds. The van der Waals surface area contributed by atoms with E-state index in [1.54, 1.807) is 0 Å². The number of rotatable bonds is 2. The monoisotopic (exact) mass is 267 g/mol. The van der Waals surface area contributed by atoms with E-state index in [-0.39, 0.29) is 0 Å². The molecule has 0 aromatic heterocycles. The molecule has 1 N–H and O–H groups in total. The van der Waals surface area contributed by atoms with Crippen molar-refractivity contribution < 1.29 is 4.74 Å². The van der Waals surface area contributed by atoms with Crippen LogP contribution in [0, 0.1) is 23.2 Å². The lowest BCUT2D eigenvalue weighted by atomic mass is 9.62. The minimum atomic E-state index is 0.396. The molecule has 0 aromatic carbocycles. The second-order valence-electron chi connectivity index (χ2n) is 7.90. The van der Waals surface area contributed by atoms with Gasteiger partial charge in [0.2, 0.25) is 0 Å². The molecule has 19 heavy (non-hydrogen) atoms. The minimum Gasteiger partial charge on any atom is -0.381 e. The Kier molecular flexibility index (Phi) is 4.94. The summed E-state index contributed by atoms with van der Waals surface area (Å²) in [4.78, 5) is 0. The van der Waals surface area contributed by atoms with Crippen molar-refractivity contribution in [3.05, 3.63) is 0 Å². The van der Waals surface area contributed by atoms with Gasteiger partial charge in [0.1, 0.15) is 0 Å². The number of piperidine rings is 1. The second kappa shape index (κ2) is 6.13. The fraction of sp³-hybridized carbons (Fsp3) is 1.00. The largest absolute Gasteiger partial charge is 0.381 e. The number of hydrogen-bond acceptors (Lipinski definition) is 2. The average Bonchev–Trinajstić information content (AvgIpc) is 2.37. The van der Waals surface area contributed by atoms with Gasteiger partial charge >= 0.3 is 0 Å². The van der Waals surface area contributed by atoms with Crippen molar-refractivity contribution in [3.63, 3.8) is 0 Å². The van der Waals surface area contributed by atoms with Crippen molar-refractivity contribution in [1.82, 2.24) is 5.32 Å². The molecular formula is C17H33NO. The standard InChI is InChI=1S/C17H33NO/c1-12-10-14(15(11-18-12)17(2,3)4)13-8-6-7-9-16(13)19-5/h12-16,18H,6-11H2,1-5H3. The zero-order chi connectivity index (χ0) is 14.0. The van der Waals surface area contributed by atoms with Gasteiger partial charge in [0.25, 0.3) is 0 Å². The minimum absolute atomic E-state index is 0.396. The zero-order valence-electron chi connectivity index (χ0n) is 13.5. The van der Waals surface area contributed by atoms with Crippen LogP contribution in [-0.4, -0.2) is 25.8 Å². The normalized spacial score (nSPS) is 41.2. The molecule has 2 rings (SSSR count). The Labute approximate surface area is 119 Å². The number of hydrogen-bond donors (Lipinski definition) is 1. The van der Waals surface area contributed by atoms with Crippen molar-refractivity contribution >= 4 is 0 Å². The fourth-order valence-corrected chi connectivity index (χ4v) is 4.46. The molecule has 1 saturated heterocycles. The van der Waals surface area contributed by atoms with E-state index >= 15 is 0 Å². The molecule has 2 aliphatic rings. The highest BCUT2D eigenvalue weighted by Crippen LogP contribution is 2.45. The van der Waals surface area contributed by atoms with Gasteiger partial charge in [-0.05, 0) is 55.9 Å². The summed E-state index contributed by atoms with van der Waals surface area (Å²) in [7, 11) is 1.92. The van der Waals surface area contributed by atoms with Crippen molar-refractivity contribution in [2.75, 3.05) is 13.7 Å². The van der Waals surface area contributed by atoms with E-state index in [0.717, 1.165) is 17.8 Å². The molecule has 2 heteroatoms. The average molecular weight is 267 g/mol. The van der Waals surface area contributed by atoms with Crippen molar-refractivity contribution in [2.45, 2.75) is 71.9 Å². The molecule has 5 atom stereocenters. The Hall–Kier alpha value is -0.0800. The van der Waals surface area contributed by atoms with Gasteiger partial charge in [0.05, 0.1) is 6.10 Å². The van der Waals surface area contributed by atoms with Gasteiger partial charge in [-0.15, -0.1) is 0 Å². The molecule has 1 aliphatic heterocycles. The van der Waals surface area contributed by atoms with Crippen LogP contribution < -0.4 is 5.32 Å². The van der Waals surface area contributed by atoms with Gasteiger partial charge in [-0.25, -0.2) is 0 Å². The molecule has 1 saturated carbocycles. The summed E-state index contributed by atoms with van der Waals surface area (Å²) in [5.41, 5.74) is 0.396. The highest BCUT2D eigenvalue weighted by atomic mass is 16.5. The Morgan fingerprint density at radius 1 is 1.05 bits per heavy atom. The molecule has 1 heterocycles. The summed E-state index contributed by atoms with van der Waals surface area (Å²) in [5.74, 6) is 2.40. The molecule has 0 aromatic rings. The predicted octanol–water partition coefficient (Wildman–Crippen LogP) is 3.85. The zero-order valence-corrected chi connectivity index (χ0v) is 13.5. The third-order valence-corrected chi connectivity index (χ3v) is 5.55. The van der Waals surface area contributed by atoms with Crippen LogP contribution in [0.2, 0.25) is 0 Å². The Morgan fingerprint density at radius 2 is 1.74 bits per heavy atom. The number of methoxy groups -OCH3 is 1. The molecular weight excluding hydrogens is 234 g/mol. The van der Waals surface area contributed by atoms with Crippen LogP contribution in [0.15, 0.2) is 0 Å². The van der Waals surface area contributed by atoms with Crippen LogP contribution >= 0.6 is 0 Å². The lowest BCUT2D eigenvalue weighted by molar-refractivity contribution is -0.0440. The molecule has 5 unspecified atom stereocenters. The summed E-state index contributed by atoms with van der Waals surface area (Å²) in [6, 6.07) is 0.669. The van der Waals surface area contributed by atoms with Gasteiger partial charge in [0, 0.05) is 13.2 Å². The highest BCUT2D eigenvalue weighted by Gasteiger charge is 2.43. The van der Waals surface area contributed by atoms with E-state index in [1.165, 1.54) is 38.6 Å². The fourth-order valence-electron chi connectivity index (χ4n) is 4.46. The summed E-state index contributed by atoms with van der Waals surface area (Å²) >= 11 is 0. The lowest BCUT2D eigenvalue weighted by Gasteiger charge is -2.49. The summed E-state index contributed by atoms with van der Waals surface area (Å²) in [5, 5.41) is 3.70. The summed E-state index contributed by atoms with van der Waals surface area (Å²) in [6.45, 7) is 10.8. The van der Waals surface area contributed by atoms with Crippen LogP contribution in [0.4, 0.5) is 0 Å². The van der Waals surface area contributed by atoms with Gasteiger partial charge < -0.3 is 10.1 Å². The Bertz CT molecular complexity index is 283. The molecule has 1 aliphatic carbocycles. The first-order valence-corrected chi connectivity index (χ1v) is 8.19. The van der Waals surface area contributed by atoms with Crippen molar-refractivity contribution in [2.24, 2.45) is 23.2 Å². The first kappa shape index (κ1) is 15.3. The number of nitrogens with one attached hydrogen (secondary N) is 1. The lowest BCUT2D eigenvalue weighted by Crippen LogP contribution is -2.51. The maximum Gasteiger partial charge on any atom is 0.0602 e. The first-order chi connectivity index (χ1) is 8.93. The van der Waals surface area contributed by atoms with Crippen LogP contribution in [0.5, 0.6) is 0 Å². The third kappa shape index (κ3) is 3.52. The third-order valence-electron chi connectivity index (χ3n) is 5.55. The van der Waals surface area contributed by atoms with Gasteiger partial charge in [-0.2, -0.15) is 0 Å². The van der Waals surface area contributed by atoms with Crippen molar-refractivity contribution in [3.8, 4) is 0 Å². The predicted molar refractivity (Wildman–Crippen MR) is 81.3 cm³/mol. The molecule has 2 fully saturated rings. The molecule has 112 valence electrons. The van der Waals surface area contributed by atoms with Gasteiger partial charge in [-0.1, -0.05) is 33.6 Å². The molecule has 0 bridgehead atoms. The molecule has 2 nitrogen and oxygen atoms in total. The SMILES string of the molecule is COC1CCCCC1C1CC(C)NCC1C(C)(C)C. The van der Waals surface area contributed by atoms with E-state index in [4.69, 9.17) is 4.74 Å².